The van der Waals surface area contributed by atoms with Crippen molar-refractivity contribution in [2.45, 2.75) is 44.1 Å². The van der Waals surface area contributed by atoms with Crippen LogP contribution in [0.1, 0.15) is 33.1 Å². The van der Waals surface area contributed by atoms with Crippen molar-refractivity contribution in [3.63, 3.8) is 0 Å². The fraction of sp³-hybridized carbons (Fsp3) is 0.375. The fourth-order valence-corrected chi connectivity index (χ4v) is 3.04. The predicted octanol–water partition coefficient (Wildman–Crippen LogP) is 3.74. The van der Waals surface area contributed by atoms with E-state index in [9.17, 15) is 9.59 Å². The van der Waals surface area contributed by atoms with E-state index in [1.165, 1.54) is 11.8 Å². The van der Waals surface area contributed by atoms with Crippen molar-refractivity contribution >= 4 is 22.8 Å². The minimum absolute atomic E-state index is 0.0244. The van der Waals surface area contributed by atoms with E-state index in [0.717, 1.165) is 23.3 Å². The van der Waals surface area contributed by atoms with Crippen LogP contribution in [0.15, 0.2) is 46.4 Å². The number of rotatable bonds is 4. The molecule has 0 bridgehead atoms. The van der Waals surface area contributed by atoms with Gasteiger partial charge in [0.2, 0.25) is 0 Å². The molecule has 20 heavy (non-hydrogen) atoms. The van der Waals surface area contributed by atoms with E-state index in [-0.39, 0.29) is 23.6 Å². The number of cyclic esters (lactones) is 1. The van der Waals surface area contributed by atoms with Gasteiger partial charge in [-0.15, -0.1) is 0 Å². The summed E-state index contributed by atoms with van der Waals surface area (Å²) in [6.07, 6.45) is 1.59. The molecule has 1 aliphatic heterocycles. The first kappa shape index (κ1) is 14.9. The third-order valence-corrected chi connectivity index (χ3v) is 4.12. The molecule has 0 spiro atoms. The molecule has 0 amide bonds. The Labute approximate surface area is 123 Å². The second-order valence-electron chi connectivity index (χ2n) is 4.82. The summed E-state index contributed by atoms with van der Waals surface area (Å²) in [5.74, 6) is -0.331. The van der Waals surface area contributed by atoms with Crippen molar-refractivity contribution in [3.05, 3.63) is 41.5 Å². The number of hydrogen-bond acceptors (Lipinski definition) is 4. The van der Waals surface area contributed by atoms with E-state index in [4.69, 9.17) is 4.74 Å². The lowest BCUT2D eigenvalue weighted by Gasteiger charge is -2.23. The maximum atomic E-state index is 12.1. The first-order chi connectivity index (χ1) is 9.60. The molecule has 0 saturated heterocycles. The lowest BCUT2D eigenvalue weighted by Crippen LogP contribution is -2.25. The highest BCUT2D eigenvalue weighted by Crippen LogP contribution is 2.29. The highest BCUT2D eigenvalue weighted by atomic mass is 32.2. The quantitative estimate of drug-likeness (QED) is 0.626. The molecule has 1 aromatic carbocycles. The molecule has 0 aliphatic carbocycles. The highest BCUT2D eigenvalue weighted by molar-refractivity contribution is 8.13. The summed E-state index contributed by atoms with van der Waals surface area (Å²) in [6.45, 7) is 3.89. The van der Waals surface area contributed by atoms with Crippen LogP contribution in [0.5, 0.6) is 0 Å². The van der Waals surface area contributed by atoms with Gasteiger partial charge < -0.3 is 4.74 Å². The molecule has 1 atom stereocenters. The second kappa shape index (κ2) is 6.75. The van der Waals surface area contributed by atoms with E-state index < -0.39 is 0 Å². The first-order valence-electron chi connectivity index (χ1n) is 6.77. The average molecular weight is 290 g/mol. The van der Waals surface area contributed by atoms with Gasteiger partial charge in [-0.2, -0.15) is 0 Å². The molecule has 0 aromatic heterocycles. The number of thioether (sulfide) groups is 1. The molecule has 0 radical (unpaired) electrons. The smallest absolute Gasteiger partial charge is 0.334 e. The van der Waals surface area contributed by atoms with Crippen molar-refractivity contribution in [2.75, 3.05) is 0 Å². The van der Waals surface area contributed by atoms with Crippen molar-refractivity contribution < 1.29 is 14.3 Å². The lowest BCUT2D eigenvalue weighted by atomic mass is 9.95. The third kappa shape index (κ3) is 3.73. The minimum Gasteiger partial charge on any atom is -0.459 e. The van der Waals surface area contributed by atoms with Crippen LogP contribution >= 0.6 is 11.8 Å². The van der Waals surface area contributed by atoms with Crippen LogP contribution in [0, 0.1) is 0 Å². The van der Waals surface area contributed by atoms with Crippen LogP contribution in [0.25, 0.3) is 0 Å². The van der Waals surface area contributed by atoms with Gasteiger partial charge in [0.25, 0.3) is 0 Å². The predicted molar refractivity (Wildman–Crippen MR) is 79.4 cm³/mol. The zero-order valence-corrected chi connectivity index (χ0v) is 12.5. The Bertz CT molecular complexity index is 534. The summed E-state index contributed by atoms with van der Waals surface area (Å²) >= 11 is 1.17. The molecule has 0 saturated carbocycles. The van der Waals surface area contributed by atoms with E-state index >= 15 is 0 Å². The largest absolute Gasteiger partial charge is 0.459 e. The van der Waals surface area contributed by atoms with E-state index in [0.29, 0.717) is 5.57 Å². The van der Waals surface area contributed by atoms with Crippen LogP contribution in [0.4, 0.5) is 0 Å². The SMILES string of the molecule is CCC1=C(CC(=O)Sc2ccccc2)C(=O)OC(C)C1. The van der Waals surface area contributed by atoms with E-state index in [2.05, 4.69) is 0 Å². The minimum atomic E-state index is -0.331. The number of benzene rings is 1. The lowest BCUT2D eigenvalue weighted by molar-refractivity contribution is -0.145. The highest BCUT2D eigenvalue weighted by Gasteiger charge is 2.27. The standard InChI is InChI=1S/C16H18O3S/c1-3-12-9-11(2)19-16(18)14(12)10-15(17)20-13-7-5-4-6-8-13/h4-8,11H,3,9-10H2,1-2H3. The Hall–Kier alpha value is -1.55. The molecule has 1 unspecified atom stereocenters. The van der Waals surface area contributed by atoms with Crippen LogP contribution in [0.2, 0.25) is 0 Å². The zero-order chi connectivity index (χ0) is 14.5. The van der Waals surface area contributed by atoms with Gasteiger partial charge in [0.05, 0.1) is 0 Å². The normalized spacial score (nSPS) is 18.9. The van der Waals surface area contributed by atoms with Crippen LogP contribution in [-0.2, 0) is 14.3 Å². The Morgan fingerprint density at radius 1 is 1.35 bits per heavy atom. The summed E-state index contributed by atoms with van der Waals surface area (Å²) in [5.41, 5.74) is 1.61. The summed E-state index contributed by atoms with van der Waals surface area (Å²) in [6, 6.07) is 9.47. The van der Waals surface area contributed by atoms with Gasteiger partial charge in [0.15, 0.2) is 5.12 Å². The van der Waals surface area contributed by atoms with Gasteiger partial charge in [0.1, 0.15) is 6.10 Å². The van der Waals surface area contributed by atoms with Crippen molar-refractivity contribution in [1.82, 2.24) is 0 Å². The Morgan fingerprint density at radius 3 is 2.70 bits per heavy atom. The molecule has 106 valence electrons. The number of esters is 1. The first-order valence-corrected chi connectivity index (χ1v) is 7.59. The molecular weight excluding hydrogens is 272 g/mol. The van der Waals surface area contributed by atoms with Gasteiger partial charge in [-0.25, -0.2) is 4.79 Å². The maximum Gasteiger partial charge on any atom is 0.334 e. The summed E-state index contributed by atoms with van der Waals surface area (Å²) < 4.78 is 5.22. The molecule has 3 nitrogen and oxygen atoms in total. The van der Waals surface area contributed by atoms with Gasteiger partial charge in [-0.05, 0) is 25.5 Å². The van der Waals surface area contributed by atoms with E-state index in [1.807, 2.05) is 44.2 Å². The zero-order valence-electron chi connectivity index (χ0n) is 11.7. The molecule has 0 N–H and O–H groups in total. The van der Waals surface area contributed by atoms with Crippen molar-refractivity contribution in [1.29, 1.82) is 0 Å². The number of ether oxygens (including phenoxy) is 1. The molecule has 0 fully saturated rings. The molecule has 1 heterocycles. The van der Waals surface area contributed by atoms with Crippen LogP contribution in [0.3, 0.4) is 0 Å². The Morgan fingerprint density at radius 2 is 2.05 bits per heavy atom. The Balaban J connectivity index is 2.07. The van der Waals surface area contributed by atoms with Crippen LogP contribution in [-0.4, -0.2) is 17.2 Å². The summed E-state index contributed by atoms with van der Waals surface area (Å²) in [5, 5.41) is -0.0244. The average Bonchev–Trinajstić information content (AvgIpc) is 2.42. The maximum absolute atomic E-state index is 12.1. The molecule has 2 rings (SSSR count). The Kier molecular flexibility index (Phi) is 5.01. The summed E-state index contributed by atoms with van der Waals surface area (Å²) in [7, 11) is 0. The third-order valence-electron chi connectivity index (χ3n) is 3.24. The number of hydrogen-bond donors (Lipinski definition) is 0. The van der Waals surface area contributed by atoms with Gasteiger partial charge in [0, 0.05) is 23.3 Å². The van der Waals surface area contributed by atoms with E-state index in [1.54, 1.807) is 0 Å². The van der Waals surface area contributed by atoms with Gasteiger partial charge >= 0.3 is 5.97 Å². The molecular formula is C16H18O3S. The molecule has 4 heteroatoms. The summed E-state index contributed by atoms with van der Waals surface area (Å²) in [4.78, 5) is 24.9. The van der Waals surface area contributed by atoms with Crippen molar-refractivity contribution in [3.8, 4) is 0 Å². The topological polar surface area (TPSA) is 43.4 Å². The number of carbonyl (C=O) groups is 2. The van der Waals surface area contributed by atoms with Gasteiger partial charge in [-0.1, -0.05) is 42.5 Å². The van der Waals surface area contributed by atoms with Crippen molar-refractivity contribution in [2.24, 2.45) is 0 Å². The molecule has 1 aliphatic rings. The molecule has 1 aromatic rings. The fourth-order valence-electron chi connectivity index (χ4n) is 2.27. The number of carbonyl (C=O) groups excluding carboxylic acids is 2. The second-order valence-corrected chi connectivity index (χ2v) is 5.95. The van der Waals surface area contributed by atoms with Crippen LogP contribution < -0.4 is 0 Å². The monoisotopic (exact) mass is 290 g/mol. The van der Waals surface area contributed by atoms with Gasteiger partial charge in [-0.3, -0.25) is 4.79 Å².